The van der Waals surface area contributed by atoms with Crippen molar-refractivity contribution in [3.05, 3.63) is 52.7 Å². The summed E-state index contributed by atoms with van der Waals surface area (Å²) in [5.74, 6) is 2.57. The van der Waals surface area contributed by atoms with Crippen molar-refractivity contribution in [1.82, 2.24) is 9.97 Å². The summed E-state index contributed by atoms with van der Waals surface area (Å²) in [4.78, 5) is 12.3. The van der Waals surface area contributed by atoms with Gasteiger partial charge in [0.15, 0.2) is 0 Å². The van der Waals surface area contributed by atoms with E-state index in [0.29, 0.717) is 5.92 Å². The van der Waals surface area contributed by atoms with Gasteiger partial charge in [-0.15, -0.1) is 11.3 Å². The van der Waals surface area contributed by atoms with Crippen molar-refractivity contribution in [3.63, 3.8) is 0 Å². The molecule has 1 aliphatic carbocycles. The Labute approximate surface area is 147 Å². The molecule has 124 valence electrons. The average molecular weight is 337 g/mol. The molecule has 4 rings (SSSR count). The van der Waals surface area contributed by atoms with Crippen LogP contribution in [0.1, 0.15) is 54.3 Å². The summed E-state index contributed by atoms with van der Waals surface area (Å²) in [5.41, 5.74) is 1.27. The molecule has 3 aromatic rings. The van der Waals surface area contributed by atoms with Crippen LogP contribution in [0.4, 0.5) is 5.82 Å². The normalized spacial score (nSPS) is 15.7. The monoisotopic (exact) mass is 337 g/mol. The van der Waals surface area contributed by atoms with Crippen LogP contribution < -0.4 is 5.32 Å². The largest absolute Gasteiger partial charge is 0.365 e. The zero-order valence-corrected chi connectivity index (χ0v) is 14.9. The van der Waals surface area contributed by atoms with E-state index in [1.54, 1.807) is 11.3 Å². The maximum Gasteiger partial charge on any atom is 0.138 e. The van der Waals surface area contributed by atoms with E-state index in [1.165, 1.54) is 42.5 Å². The molecule has 24 heavy (non-hydrogen) atoms. The van der Waals surface area contributed by atoms with Gasteiger partial charge >= 0.3 is 0 Å². The fourth-order valence-corrected chi connectivity index (χ4v) is 4.40. The van der Waals surface area contributed by atoms with E-state index >= 15 is 0 Å². The standard InChI is InChI=1S/C20H23N3S/c1-14-12-17-19(21-13-15-8-4-2-5-9-15)22-18(23-20(17)24-14)16-10-6-3-7-11-16/h2,4-5,8-9,12,16H,3,6-7,10-11,13H2,1H3,(H,21,22,23). The highest BCUT2D eigenvalue weighted by molar-refractivity contribution is 7.18. The van der Waals surface area contributed by atoms with Crippen LogP contribution in [-0.4, -0.2) is 9.97 Å². The predicted molar refractivity (Wildman–Crippen MR) is 102 cm³/mol. The molecule has 0 unspecified atom stereocenters. The summed E-state index contributed by atoms with van der Waals surface area (Å²) in [6.07, 6.45) is 6.43. The van der Waals surface area contributed by atoms with Gasteiger partial charge in [0.2, 0.25) is 0 Å². The van der Waals surface area contributed by atoms with E-state index < -0.39 is 0 Å². The van der Waals surface area contributed by atoms with Gasteiger partial charge in [0.1, 0.15) is 16.5 Å². The van der Waals surface area contributed by atoms with Gasteiger partial charge in [-0.2, -0.15) is 0 Å². The van der Waals surface area contributed by atoms with Crippen molar-refractivity contribution >= 4 is 27.4 Å². The second-order valence-corrected chi connectivity index (χ2v) is 7.92. The van der Waals surface area contributed by atoms with E-state index in [4.69, 9.17) is 9.97 Å². The summed E-state index contributed by atoms with van der Waals surface area (Å²) in [7, 11) is 0. The van der Waals surface area contributed by atoms with Crippen molar-refractivity contribution in [1.29, 1.82) is 0 Å². The SMILES string of the molecule is Cc1cc2c(NCc3ccccc3)nc(C3CCCCC3)nc2s1. The Bertz CT molecular complexity index is 820. The van der Waals surface area contributed by atoms with Crippen LogP contribution in [-0.2, 0) is 6.54 Å². The van der Waals surface area contributed by atoms with Crippen molar-refractivity contribution in [2.75, 3.05) is 5.32 Å². The van der Waals surface area contributed by atoms with Crippen molar-refractivity contribution in [3.8, 4) is 0 Å². The number of rotatable bonds is 4. The Hall–Kier alpha value is -1.94. The Morgan fingerprint density at radius 3 is 2.67 bits per heavy atom. The quantitative estimate of drug-likeness (QED) is 0.667. The Morgan fingerprint density at radius 2 is 1.88 bits per heavy atom. The molecule has 1 fully saturated rings. The van der Waals surface area contributed by atoms with Gasteiger partial charge in [0.25, 0.3) is 0 Å². The maximum atomic E-state index is 4.94. The number of aromatic nitrogens is 2. The lowest BCUT2D eigenvalue weighted by molar-refractivity contribution is 0.430. The van der Waals surface area contributed by atoms with E-state index in [1.807, 2.05) is 0 Å². The number of hydrogen-bond donors (Lipinski definition) is 1. The lowest BCUT2D eigenvalue weighted by Crippen LogP contribution is -2.11. The molecule has 1 aromatic carbocycles. The van der Waals surface area contributed by atoms with Crippen molar-refractivity contribution < 1.29 is 0 Å². The molecule has 0 bridgehead atoms. The smallest absolute Gasteiger partial charge is 0.138 e. The summed E-state index contributed by atoms with van der Waals surface area (Å²) in [6.45, 7) is 2.94. The third-order valence-corrected chi connectivity index (χ3v) is 5.75. The van der Waals surface area contributed by atoms with Gasteiger partial charge in [0, 0.05) is 17.3 Å². The highest BCUT2D eigenvalue weighted by Crippen LogP contribution is 2.35. The summed E-state index contributed by atoms with van der Waals surface area (Å²) in [5, 5.41) is 4.71. The fraction of sp³-hybridized carbons (Fsp3) is 0.400. The number of nitrogens with zero attached hydrogens (tertiary/aromatic N) is 2. The molecule has 1 saturated carbocycles. The van der Waals surface area contributed by atoms with Gasteiger partial charge in [-0.1, -0.05) is 49.6 Å². The van der Waals surface area contributed by atoms with Gasteiger partial charge in [-0.25, -0.2) is 9.97 Å². The van der Waals surface area contributed by atoms with Gasteiger partial charge < -0.3 is 5.32 Å². The number of aryl methyl sites for hydroxylation is 1. The molecule has 1 aliphatic rings. The molecule has 2 heterocycles. The van der Waals surface area contributed by atoms with Crippen molar-refractivity contribution in [2.45, 2.75) is 51.5 Å². The average Bonchev–Trinajstić information content (AvgIpc) is 3.01. The van der Waals surface area contributed by atoms with Gasteiger partial charge in [-0.3, -0.25) is 0 Å². The highest BCUT2D eigenvalue weighted by atomic mass is 32.1. The second kappa shape index (κ2) is 6.89. The molecule has 4 heteroatoms. The van der Waals surface area contributed by atoms with Crippen LogP contribution in [0.2, 0.25) is 0 Å². The zero-order valence-electron chi connectivity index (χ0n) is 14.1. The molecule has 0 saturated heterocycles. The number of benzene rings is 1. The first kappa shape index (κ1) is 15.6. The molecule has 2 aromatic heterocycles. The predicted octanol–water partition coefficient (Wildman–Crippen LogP) is 5.66. The highest BCUT2D eigenvalue weighted by Gasteiger charge is 2.20. The zero-order chi connectivity index (χ0) is 16.4. The number of thiophene rings is 1. The van der Waals surface area contributed by atoms with Crippen LogP contribution in [0, 0.1) is 6.92 Å². The van der Waals surface area contributed by atoms with Gasteiger partial charge in [0.05, 0.1) is 5.39 Å². The van der Waals surface area contributed by atoms with Gasteiger partial charge in [-0.05, 0) is 31.4 Å². The number of fused-ring (bicyclic) bond motifs is 1. The lowest BCUT2D eigenvalue weighted by Gasteiger charge is -2.21. The van der Waals surface area contributed by atoms with E-state index in [2.05, 4.69) is 48.6 Å². The topological polar surface area (TPSA) is 37.8 Å². The van der Waals surface area contributed by atoms with E-state index in [-0.39, 0.29) is 0 Å². The van der Waals surface area contributed by atoms with Crippen LogP contribution in [0.25, 0.3) is 10.2 Å². The minimum Gasteiger partial charge on any atom is -0.365 e. The van der Waals surface area contributed by atoms with Crippen LogP contribution in [0.15, 0.2) is 36.4 Å². The van der Waals surface area contributed by atoms with Crippen LogP contribution >= 0.6 is 11.3 Å². The summed E-state index contributed by atoms with van der Waals surface area (Å²) in [6, 6.07) is 12.7. The maximum absolute atomic E-state index is 4.94. The van der Waals surface area contributed by atoms with Crippen molar-refractivity contribution in [2.24, 2.45) is 0 Å². The molecule has 0 radical (unpaired) electrons. The molecule has 3 nitrogen and oxygen atoms in total. The number of hydrogen-bond acceptors (Lipinski definition) is 4. The Morgan fingerprint density at radius 1 is 1.08 bits per heavy atom. The van der Waals surface area contributed by atoms with Crippen LogP contribution in [0.3, 0.4) is 0 Å². The third kappa shape index (κ3) is 3.29. The molecular formula is C20H23N3S. The molecule has 1 N–H and O–H groups in total. The molecule has 0 spiro atoms. The van der Waals surface area contributed by atoms with E-state index in [9.17, 15) is 0 Å². The Kier molecular flexibility index (Phi) is 4.48. The molecule has 0 amide bonds. The second-order valence-electron chi connectivity index (χ2n) is 6.68. The first-order chi connectivity index (χ1) is 11.8. The summed E-state index contributed by atoms with van der Waals surface area (Å²) < 4.78 is 0. The minimum atomic E-state index is 0.530. The first-order valence-corrected chi connectivity index (χ1v) is 9.67. The van der Waals surface area contributed by atoms with Crippen LogP contribution in [0.5, 0.6) is 0 Å². The third-order valence-electron chi connectivity index (χ3n) is 4.81. The molecular weight excluding hydrogens is 314 g/mol. The lowest BCUT2D eigenvalue weighted by atomic mass is 9.89. The minimum absolute atomic E-state index is 0.530. The molecule has 0 atom stereocenters. The van der Waals surface area contributed by atoms with E-state index in [0.717, 1.165) is 28.4 Å². The summed E-state index contributed by atoms with van der Waals surface area (Å²) >= 11 is 1.78. The molecule has 0 aliphatic heterocycles. The number of nitrogens with one attached hydrogen (secondary N) is 1. The number of anilines is 1. The fourth-order valence-electron chi connectivity index (χ4n) is 3.52. The first-order valence-electron chi connectivity index (χ1n) is 8.85. The Balaban J connectivity index is 1.66.